The highest BCUT2D eigenvalue weighted by atomic mass is 16.6. The van der Waals surface area contributed by atoms with Crippen molar-refractivity contribution < 1.29 is 19.4 Å². The van der Waals surface area contributed by atoms with Gasteiger partial charge in [0.05, 0.1) is 9.85 Å². The van der Waals surface area contributed by atoms with E-state index < -0.39 is 21.2 Å². The molecule has 0 saturated heterocycles. The molecule has 3 aromatic rings. The molecule has 0 fully saturated rings. The Hall–Kier alpha value is -4.20. The average molecular weight is 376 g/mol. The normalized spacial score (nSPS) is 11.6. The first-order valence-corrected chi connectivity index (χ1v) is 8.07. The summed E-state index contributed by atoms with van der Waals surface area (Å²) >= 11 is 0. The van der Waals surface area contributed by atoms with Crippen LogP contribution in [0.5, 0.6) is 0 Å². The van der Waals surface area contributed by atoms with Crippen LogP contribution in [-0.4, -0.2) is 21.4 Å². The minimum Gasteiger partial charge on any atom is -0.289 e. The molecule has 0 saturated carbocycles. The highest BCUT2D eigenvalue weighted by molar-refractivity contribution is 6.28. The highest BCUT2D eigenvalue weighted by Gasteiger charge is 2.28. The van der Waals surface area contributed by atoms with Gasteiger partial charge in [0.15, 0.2) is 11.6 Å². The summed E-state index contributed by atoms with van der Waals surface area (Å²) in [4.78, 5) is 43.1. The maximum Gasteiger partial charge on any atom is 0.346 e. The molecule has 4 rings (SSSR count). The SMILES string of the molecule is O=C1c2ccccc2C(=O)c2ccccc21.O=[N+]([O-])c1ccccc1[N+](=O)[O-]. The van der Waals surface area contributed by atoms with Crippen LogP contribution >= 0.6 is 0 Å². The summed E-state index contributed by atoms with van der Waals surface area (Å²) in [6, 6.07) is 18.9. The van der Waals surface area contributed by atoms with E-state index in [1.54, 1.807) is 48.5 Å². The third-order valence-corrected chi connectivity index (χ3v) is 4.11. The standard InChI is InChI=1S/C14H8O2.C6H4N2O4/c15-13-9-5-1-2-6-10(9)14(16)12-8-4-3-7-11(12)13;9-7(10)5-3-1-2-4-6(5)8(11)12/h1-8H;1-4H. The first kappa shape index (κ1) is 18.6. The maximum absolute atomic E-state index is 12.1. The van der Waals surface area contributed by atoms with Gasteiger partial charge in [0.25, 0.3) is 0 Å². The Morgan fingerprint density at radius 2 is 0.750 bits per heavy atom. The monoisotopic (exact) mass is 376 g/mol. The number of fused-ring (bicyclic) bond motifs is 2. The van der Waals surface area contributed by atoms with Crippen LogP contribution in [0.1, 0.15) is 31.8 Å². The zero-order valence-corrected chi connectivity index (χ0v) is 14.3. The van der Waals surface area contributed by atoms with E-state index in [1.165, 1.54) is 12.1 Å². The third-order valence-electron chi connectivity index (χ3n) is 4.11. The summed E-state index contributed by atoms with van der Waals surface area (Å²) in [5, 5.41) is 20.5. The van der Waals surface area contributed by atoms with E-state index in [4.69, 9.17) is 0 Å². The van der Waals surface area contributed by atoms with Crippen LogP contribution < -0.4 is 0 Å². The summed E-state index contributed by atoms with van der Waals surface area (Å²) in [5.41, 5.74) is 1.06. The molecule has 1 aliphatic rings. The number of benzene rings is 3. The second-order valence-electron chi connectivity index (χ2n) is 5.75. The fourth-order valence-electron chi connectivity index (χ4n) is 2.82. The van der Waals surface area contributed by atoms with Crippen molar-refractivity contribution in [1.29, 1.82) is 0 Å². The summed E-state index contributed by atoms with van der Waals surface area (Å²) in [7, 11) is 0. The Balaban J connectivity index is 0.000000169. The largest absolute Gasteiger partial charge is 0.346 e. The number of ketones is 2. The fourth-order valence-corrected chi connectivity index (χ4v) is 2.82. The van der Waals surface area contributed by atoms with Gasteiger partial charge in [-0.2, -0.15) is 0 Å². The van der Waals surface area contributed by atoms with Crippen molar-refractivity contribution in [2.75, 3.05) is 0 Å². The molecular weight excluding hydrogens is 364 g/mol. The topological polar surface area (TPSA) is 120 Å². The lowest BCUT2D eigenvalue weighted by Gasteiger charge is -2.16. The number of nitro groups is 2. The zero-order chi connectivity index (χ0) is 20.3. The van der Waals surface area contributed by atoms with Crippen LogP contribution in [0.4, 0.5) is 11.4 Å². The lowest BCUT2D eigenvalue weighted by molar-refractivity contribution is -0.422. The van der Waals surface area contributed by atoms with Crippen molar-refractivity contribution >= 4 is 22.9 Å². The second-order valence-corrected chi connectivity index (χ2v) is 5.75. The van der Waals surface area contributed by atoms with Crippen molar-refractivity contribution in [2.45, 2.75) is 0 Å². The molecule has 1 aliphatic carbocycles. The van der Waals surface area contributed by atoms with Gasteiger partial charge in [-0.05, 0) is 0 Å². The first-order chi connectivity index (χ1) is 13.4. The van der Waals surface area contributed by atoms with E-state index in [-0.39, 0.29) is 11.6 Å². The Morgan fingerprint density at radius 1 is 0.500 bits per heavy atom. The fraction of sp³-hybridized carbons (Fsp3) is 0. The maximum atomic E-state index is 12.1. The molecule has 0 unspecified atom stereocenters. The Morgan fingerprint density at radius 3 is 1.00 bits per heavy atom. The predicted octanol–water partition coefficient (Wildman–Crippen LogP) is 3.97. The van der Waals surface area contributed by atoms with Gasteiger partial charge in [0.1, 0.15) is 0 Å². The number of carbonyl (C=O) groups is 2. The molecule has 0 amide bonds. The zero-order valence-electron chi connectivity index (χ0n) is 14.3. The molecule has 0 spiro atoms. The molecule has 28 heavy (non-hydrogen) atoms. The van der Waals surface area contributed by atoms with Crippen LogP contribution in [0.15, 0.2) is 72.8 Å². The summed E-state index contributed by atoms with van der Waals surface area (Å²) in [5.74, 6) is -0.128. The van der Waals surface area contributed by atoms with E-state index in [0.717, 1.165) is 12.1 Å². The molecule has 0 atom stereocenters. The molecule has 0 bridgehead atoms. The smallest absolute Gasteiger partial charge is 0.289 e. The molecule has 0 N–H and O–H groups in total. The van der Waals surface area contributed by atoms with Crippen molar-refractivity contribution in [2.24, 2.45) is 0 Å². The summed E-state index contributed by atoms with van der Waals surface area (Å²) in [6.07, 6.45) is 0. The van der Waals surface area contributed by atoms with Gasteiger partial charge >= 0.3 is 11.4 Å². The number of hydrogen-bond acceptors (Lipinski definition) is 6. The highest BCUT2D eigenvalue weighted by Crippen LogP contribution is 2.26. The van der Waals surface area contributed by atoms with E-state index in [1.807, 2.05) is 0 Å². The molecule has 8 nitrogen and oxygen atoms in total. The molecule has 0 radical (unpaired) electrons. The average Bonchev–Trinajstić information content (AvgIpc) is 2.72. The summed E-state index contributed by atoms with van der Waals surface area (Å²) < 4.78 is 0. The Bertz CT molecular complexity index is 984. The molecule has 0 heterocycles. The molecule has 0 aliphatic heterocycles. The van der Waals surface area contributed by atoms with Crippen LogP contribution in [0.25, 0.3) is 0 Å². The van der Waals surface area contributed by atoms with Gasteiger partial charge in [-0.15, -0.1) is 0 Å². The van der Waals surface area contributed by atoms with E-state index in [9.17, 15) is 29.8 Å². The van der Waals surface area contributed by atoms with Gasteiger partial charge in [-0.1, -0.05) is 60.7 Å². The van der Waals surface area contributed by atoms with E-state index >= 15 is 0 Å². The Labute approximate surface area is 158 Å². The van der Waals surface area contributed by atoms with Crippen molar-refractivity contribution in [3.8, 4) is 0 Å². The molecule has 8 heteroatoms. The number of nitrogens with zero attached hydrogens (tertiary/aromatic N) is 2. The number of para-hydroxylation sites is 2. The lowest BCUT2D eigenvalue weighted by Crippen LogP contribution is -2.20. The van der Waals surface area contributed by atoms with Gasteiger partial charge in [-0.3, -0.25) is 29.8 Å². The van der Waals surface area contributed by atoms with E-state index in [0.29, 0.717) is 22.3 Å². The van der Waals surface area contributed by atoms with Gasteiger partial charge in [0.2, 0.25) is 0 Å². The number of hydrogen-bond donors (Lipinski definition) is 0. The lowest BCUT2D eigenvalue weighted by atomic mass is 9.84. The molecule has 138 valence electrons. The van der Waals surface area contributed by atoms with Crippen molar-refractivity contribution in [1.82, 2.24) is 0 Å². The molecular formula is C20H12N2O6. The van der Waals surface area contributed by atoms with Crippen molar-refractivity contribution in [3.63, 3.8) is 0 Å². The van der Waals surface area contributed by atoms with Gasteiger partial charge in [-0.25, -0.2) is 0 Å². The van der Waals surface area contributed by atoms with Crippen molar-refractivity contribution in [3.05, 3.63) is 115 Å². The van der Waals surface area contributed by atoms with Gasteiger partial charge < -0.3 is 0 Å². The quantitative estimate of drug-likeness (QED) is 0.385. The van der Waals surface area contributed by atoms with Gasteiger partial charge in [0, 0.05) is 34.4 Å². The minimum atomic E-state index is -0.780. The predicted molar refractivity (Wildman–Crippen MR) is 99.5 cm³/mol. The van der Waals surface area contributed by atoms with E-state index in [2.05, 4.69) is 0 Å². The van der Waals surface area contributed by atoms with Crippen LogP contribution in [0.2, 0.25) is 0 Å². The van der Waals surface area contributed by atoms with Crippen LogP contribution in [-0.2, 0) is 0 Å². The molecule has 3 aromatic carbocycles. The minimum absolute atomic E-state index is 0.0641. The number of rotatable bonds is 2. The summed E-state index contributed by atoms with van der Waals surface area (Å²) in [6.45, 7) is 0. The number of nitro benzene ring substituents is 2. The van der Waals surface area contributed by atoms with Crippen LogP contribution in [0.3, 0.4) is 0 Å². The third kappa shape index (κ3) is 3.38. The van der Waals surface area contributed by atoms with Crippen LogP contribution in [0, 0.1) is 20.2 Å². The Kier molecular flexibility index (Phi) is 5.03. The second kappa shape index (κ2) is 7.58. The molecule has 0 aromatic heterocycles. The number of carbonyl (C=O) groups excluding carboxylic acids is 2. The first-order valence-electron chi connectivity index (χ1n) is 8.07.